The van der Waals surface area contributed by atoms with E-state index in [9.17, 15) is 24.5 Å². The molecule has 2 rings (SSSR count). The first-order chi connectivity index (χ1) is 9.40. The van der Waals surface area contributed by atoms with Crippen LogP contribution in [0.1, 0.15) is 23.2 Å². The number of hydrogen-bond acceptors (Lipinski definition) is 6. The zero-order chi connectivity index (χ0) is 14.9. The van der Waals surface area contributed by atoms with Gasteiger partial charge in [-0.05, 0) is 28.1 Å². The summed E-state index contributed by atoms with van der Waals surface area (Å²) in [6, 6.07) is 3.48. The topological polar surface area (TPSA) is 107 Å². The van der Waals surface area contributed by atoms with Gasteiger partial charge in [0, 0.05) is 18.9 Å². The molecule has 9 heteroatoms. The van der Waals surface area contributed by atoms with Gasteiger partial charge in [-0.3, -0.25) is 19.7 Å². The molecule has 1 aliphatic rings. The number of benzene rings is 1. The third-order valence-corrected chi connectivity index (χ3v) is 3.20. The molecule has 1 aliphatic heterocycles. The molecule has 0 aliphatic carbocycles. The number of carbonyl (C=O) groups excluding carboxylic acids is 3. The molecule has 0 atom stereocenters. The molecule has 1 fully saturated rings. The van der Waals surface area contributed by atoms with Crippen LogP contribution in [0.2, 0.25) is 0 Å². The van der Waals surface area contributed by atoms with Crippen LogP contribution in [0.5, 0.6) is 0 Å². The molecule has 0 N–H and O–H groups in total. The van der Waals surface area contributed by atoms with Crippen molar-refractivity contribution in [2.24, 2.45) is 0 Å². The molecule has 20 heavy (non-hydrogen) atoms. The largest absolute Gasteiger partial charge is 0.363 e. The highest BCUT2D eigenvalue weighted by Crippen LogP contribution is 2.26. The molecular formula is C11H7BrN2O6. The summed E-state index contributed by atoms with van der Waals surface area (Å²) in [5.74, 6) is -2.13. The van der Waals surface area contributed by atoms with Gasteiger partial charge in [-0.2, -0.15) is 0 Å². The first-order valence-corrected chi connectivity index (χ1v) is 6.21. The van der Waals surface area contributed by atoms with Crippen molar-refractivity contribution >= 4 is 39.4 Å². The predicted molar refractivity (Wildman–Crippen MR) is 67.3 cm³/mol. The van der Waals surface area contributed by atoms with Crippen molar-refractivity contribution < 1.29 is 24.1 Å². The highest BCUT2D eigenvalue weighted by Gasteiger charge is 2.33. The fourth-order valence-corrected chi connectivity index (χ4v) is 2.10. The van der Waals surface area contributed by atoms with Crippen molar-refractivity contribution in [1.29, 1.82) is 0 Å². The summed E-state index contributed by atoms with van der Waals surface area (Å²) in [7, 11) is 0. The third-order valence-electron chi connectivity index (χ3n) is 2.56. The second kappa shape index (κ2) is 5.37. The molecule has 1 heterocycles. The van der Waals surface area contributed by atoms with Gasteiger partial charge >= 0.3 is 5.97 Å². The van der Waals surface area contributed by atoms with E-state index in [1.807, 2.05) is 0 Å². The number of amides is 2. The maximum atomic E-state index is 11.8. The van der Waals surface area contributed by atoms with Gasteiger partial charge in [0.05, 0.1) is 15.0 Å². The Morgan fingerprint density at radius 1 is 1.30 bits per heavy atom. The fraction of sp³-hybridized carbons (Fsp3) is 0.182. The lowest BCUT2D eigenvalue weighted by Gasteiger charge is -2.12. The van der Waals surface area contributed by atoms with Gasteiger partial charge in [-0.25, -0.2) is 4.79 Å². The summed E-state index contributed by atoms with van der Waals surface area (Å²) in [5.41, 5.74) is -0.232. The van der Waals surface area contributed by atoms with Gasteiger partial charge in [0.25, 0.3) is 17.5 Å². The predicted octanol–water partition coefficient (Wildman–Crippen LogP) is 1.58. The number of imide groups is 1. The van der Waals surface area contributed by atoms with Crippen LogP contribution in [0.4, 0.5) is 5.69 Å². The number of nitrogens with zero attached hydrogens (tertiary/aromatic N) is 2. The lowest BCUT2D eigenvalue weighted by molar-refractivity contribution is -0.385. The Hall–Kier alpha value is -2.29. The number of nitro benzene ring substituents is 1. The molecule has 0 radical (unpaired) electrons. The molecule has 1 aromatic rings. The van der Waals surface area contributed by atoms with Crippen molar-refractivity contribution in [3.63, 3.8) is 0 Å². The summed E-state index contributed by atoms with van der Waals surface area (Å²) < 4.78 is 0.0935. The molecule has 0 spiro atoms. The van der Waals surface area contributed by atoms with E-state index in [4.69, 9.17) is 0 Å². The second-order valence-electron chi connectivity index (χ2n) is 3.88. The SMILES string of the molecule is O=C(ON1C(=O)CCC1=O)c1ccc([N+](=O)[O-])c(Br)c1. The average molecular weight is 343 g/mol. The minimum Gasteiger partial charge on any atom is -0.325 e. The first-order valence-electron chi connectivity index (χ1n) is 5.42. The zero-order valence-corrected chi connectivity index (χ0v) is 11.5. The normalized spacial score (nSPS) is 14.6. The number of hydrogen-bond donors (Lipinski definition) is 0. The van der Waals surface area contributed by atoms with Gasteiger partial charge < -0.3 is 4.84 Å². The summed E-state index contributed by atoms with van der Waals surface area (Å²) >= 11 is 2.96. The maximum absolute atomic E-state index is 11.8. The number of hydroxylamine groups is 2. The summed E-state index contributed by atoms with van der Waals surface area (Å²) in [5, 5.41) is 11.0. The molecule has 0 bridgehead atoms. The smallest absolute Gasteiger partial charge is 0.325 e. The Balaban J connectivity index is 2.18. The Morgan fingerprint density at radius 2 is 1.90 bits per heavy atom. The number of rotatable bonds is 3. The Labute approximate surface area is 120 Å². The molecule has 0 aromatic heterocycles. The Bertz CT molecular complexity index is 613. The van der Waals surface area contributed by atoms with Crippen molar-refractivity contribution in [2.45, 2.75) is 12.8 Å². The van der Waals surface area contributed by atoms with Crippen molar-refractivity contribution in [3.05, 3.63) is 38.3 Å². The van der Waals surface area contributed by atoms with Crippen LogP contribution in [0.25, 0.3) is 0 Å². The van der Waals surface area contributed by atoms with Crippen molar-refractivity contribution in [3.8, 4) is 0 Å². The van der Waals surface area contributed by atoms with Crippen molar-refractivity contribution in [2.75, 3.05) is 0 Å². The monoisotopic (exact) mass is 342 g/mol. The van der Waals surface area contributed by atoms with E-state index in [2.05, 4.69) is 20.8 Å². The summed E-state index contributed by atoms with van der Waals surface area (Å²) in [6.45, 7) is 0. The van der Waals surface area contributed by atoms with Crippen LogP contribution in [-0.4, -0.2) is 27.8 Å². The lowest BCUT2D eigenvalue weighted by Crippen LogP contribution is -2.32. The van der Waals surface area contributed by atoms with Gasteiger partial charge in [0.15, 0.2) is 0 Å². The fourth-order valence-electron chi connectivity index (χ4n) is 1.58. The molecule has 0 unspecified atom stereocenters. The van der Waals surface area contributed by atoms with Crippen LogP contribution in [-0.2, 0) is 14.4 Å². The molecule has 104 valence electrons. The second-order valence-corrected chi connectivity index (χ2v) is 4.74. The Kier molecular flexibility index (Phi) is 3.79. The van der Waals surface area contributed by atoms with E-state index in [1.165, 1.54) is 12.1 Å². The van der Waals surface area contributed by atoms with E-state index < -0.39 is 22.7 Å². The average Bonchev–Trinajstić information content (AvgIpc) is 2.70. The van der Waals surface area contributed by atoms with E-state index in [0.29, 0.717) is 5.06 Å². The van der Waals surface area contributed by atoms with Gasteiger partial charge in [-0.15, -0.1) is 5.06 Å². The third kappa shape index (κ3) is 2.67. The lowest BCUT2D eigenvalue weighted by atomic mass is 10.2. The van der Waals surface area contributed by atoms with Gasteiger partial charge in [-0.1, -0.05) is 0 Å². The molecular weight excluding hydrogens is 336 g/mol. The van der Waals surface area contributed by atoms with Crippen LogP contribution in [0, 0.1) is 10.1 Å². The Morgan fingerprint density at radius 3 is 2.40 bits per heavy atom. The van der Waals surface area contributed by atoms with Gasteiger partial charge in [0.1, 0.15) is 0 Å². The molecule has 0 saturated carbocycles. The first kappa shape index (κ1) is 14.1. The highest BCUT2D eigenvalue weighted by molar-refractivity contribution is 9.10. The molecule has 2 amide bonds. The van der Waals surface area contributed by atoms with Gasteiger partial charge in [0.2, 0.25) is 0 Å². The maximum Gasteiger partial charge on any atom is 0.363 e. The van der Waals surface area contributed by atoms with Crippen LogP contribution in [0.15, 0.2) is 22.7 Å². The summed E-state index contributed by atoms with van der Waals surface area (Å²) in [6.07, 6.45) is -0.00780. The van der Waals surface area contributed by atoms with E-state index in [-0.39, 0.29) is 28.6 Å². The molecule has 8 nitrogen and oxygen atoms in total. The quantitative estimate of drug-likeness (QED) is 0.468. The minimum absolute atomic E-state index is 0.00390. The molecule has 1 aromatic carbocycles. The van der Waals surface area contributed by atoms with Crippen LogP contribution >= 0.6 is 15.9 Å². The van der Waals surface area contributed by atoms with E-state index in [0.717, 1.165) is 6.07 Å². The van der Waals surface area contributed by atoms with E-state index in [1.54, 1.807) is 0 Å². The highest BCUT2D eigenvalue weighted by atomic mass is 79.9. The number of nitro groups is 1. The van der Waals surface area contributed by atoms with Crippen LogP contribution < -0.4 is 0 Å². The van der Waals surface area contributed by atoms with Crippen LogP contribution in [0.3, 0.4) is 0 Å². The summed E-state index contributed by atoms with van der Waals surface area (Å²) in [4.78, 5) is 49.0. The van der Waals surface area contributed by atoms with E-state index >= 15 is 0 Å². The standard InChI is InChI=1S/C11H7BrN2O6/c12-7-5-6(1-2-8(7)14(18)19)11(17)20-13-9(15)3-4-10(13)16/h1-2,5H,3-4H2. The number of halogens is 1. The number of carbonyl (C=O) groups is 3. The minimum atomic E-state index is -0.941. The zero-order valence-electron chi connectivity index (χ0n) is 9.87. The molecule has 1 saturated heterocycles. The van der Waals surface area contributed by atoms with Crippen molar-refractivity contribution in [1.82, 2.24) is 5.06 Å².